The predicted molar refractivity (Wildman–Crippen MR) is 46.6 cm³/mol. The maximum Gasteiger partial charge on any atom is 0.217 e. The number of nitrogens with one attached hydrogen (secondary N) is 1. The third-order valence-electron chi connectivity index (χ3n) is 2.65. The molecule has 1 rings (SSSR count). The van der Waals surface area contributed by atoms with Gasteiger partial charge in [-0.2, -0.15) is 0 Å². The Kier molecular flexibility index (Phi) is 3.09. The Morgan fingerprint density at radius 3 is 2.75 bits per heavy atom. The Labute approximate surface area is 73.2 Å². The number of rotatable bonds is 1. The zero-order chi connectivity index (χ0) is 9.14. The van der Waals surface area contributed by atoms with E-state index in [1.807, 2.05) is 6.92 Å². The maximum absolute atomic E-state index is 10.8. The SMILES string of the molecule is CC(=O)NC1CCCC(O)C1C. The smallest absolute Gasteiger partial charge is 0.217 e. The molecule has 0 spiro atoms. The molecule has 0 heterocycles. The fraction of sp³-hybridized carbons (Fsp3) is 0.889. The highest BCUT2D eigenvalue weighted by atomic mass is 16.3. The van der Waals surface area contributed by atoms with E-state index in [4.69, 9.17) is 0 Å². The third-order valence-corrected chi connectivity index (χ3v) is 2.65. The van der Waals surface area contributed by atoms with Crippen molar-refractivity contribution < 1.29 is 9.90 Å². The van der Waals surface area contributed by atoms with Crippen LogP contribution in [0, 0.1) is 5.92 Å². The number of aliphatic hydroxyl groups is 1. The molecule has 0 aromatic heterocycles. The Balaban J connectivity index is 2.46. The van der Waals surface area contributed by atoms with Crippen LogP contribution in [0.5, 0.6) is 0 Å². The molecular weight excluding hydrogens is 154 g/mol. The molecule has 1 fully saturated rings. The first kappa shape index (κ1) is 9.52. The van der Waals surface area contributed by atoms with E-state index < -0.39 is 0 Å². The minimum atomic E-state index is -0.240. The van der Waals surface area contributed by atoms with Crippen LogP contribution in [0.4, 0.5) is 0 Å². The highest BCUT2D eigenvalue weighted by Gasteiger charge is 2.28. The van der Waals surface area contributed by atoms with E-state index in [2.05, 4.69) is 5.32 Å². The number of carbonyl (C=O) groups is 1. The minimum absolute atomic E-state index is 0.000880. The first-order valence-corrected chi connectivity index (χ1v) is 4.56. The van der Waals surface area contributed by atoms with Crippen LogP contribution >= 0.6 is 0 Å². The van der Waals surface area contributed by atoms with Crippen LogP contribution in [-0.2, 0) is 4.79 Å². The molecule has 3 unspecified atom stereocenters. The molecule has 2 N–H and O–H groups in total. The van der Waals surface area contributed by atoms with E-state index in [-0.39, 0.29) is 24.0 Å². The molecule has 12 heavy (non-hydrogen) atoms. The monoisotopic (exact) mass is 171 g/mol. The fourth-order valence-corrected chi connectivity index (χ4v) is 1.81. The largest absolute Gasteiger partial charge is 0.393 e. The first-order chi connectivity index (χ1) is 5.61. The van der Waals surface area contributed by atoms with E-state index in [1.54, 1.807) is 0 Å². The van der Waals surface area contributed by atoms with Crippen LogP contribution < -0.4 is 5.32 Å². The Bertz CT molecular complexity index is 170. The number of hydrogen-bond donors (Lipinski definition) is 2. The van der Waals surface area contributed by atoms with Gasteiger partial charge in [0, 0.05) is 18.9 Å². The van der Waals surface area contributed by atoms with E-state index in [0.717, 1.165) is 19.3 Å². The summed E-state index contributed by atoms with van der Waals surface area (Å²) in [5.74, 6) is 0.198. The van der Waals surface area contributed by atoms with Crippen molar-refractivity contribution in [3.63, 3.8) is 0 Å². The summed E-state index contributed by atoms with van der Waals surface area (Å²) in [6.07, 6.45) is 2.64. The van der Waals surface area contributed by atoms with Crippen molar-refractivity contribution in [1.29, 1.82) is 0 Å². The Hall–Kier alpha value is -0.570. The quantitative estimate of drug-likeness (QED) is 0.609. The summed E-state index contributed by atoms with van der Waals surface area (Å²) in [6, 6.07) is 0.172. The van der Waals surface area contributed by atoms with Crippen molar-refractivity contribution in [2.75, 3.05) is 0 Å². The lowest BCUT2D eigenvalue weighted by Gasteiger charge is -2.33. The molecule has 0 radical (unpaired) electrons. The van der Waals surface area contributed by atoms with Crippen LogP contribution in [0.1, 0.15) is 33.1 Å². The lowest BCUT2D eigenvalue weighted by atomic mass is 9.83. The summed E-state index contributed by atoms with van der Waals surface area (Å²) in [5, 5.41) is 12.4. The number of amides is 1. The van der Waals surface area contributed by atoms with Gasteiger partial charge in [0.05, 0.1) is 6.10 Å². The van der Waals surface area contributed by atoms with Crippen LogP contribution in [0.15, 0.2) is 0 Å². The first-order valence-electron chi connectivity index (χ1n) is 4.56. The van der Waals surface area contributed by atoms with Gasteiger partial charge in [-0.05, 0) is 19.3 Å². The van der Waals surface area contributed by atoms with Gasteiger partial charge < -0.3 is 10.4 Å². The van der Waals surface area contributed by atoms with Crippen LogP contribution in [-0.4, -0.2) is 23.2 Å². The van der Waals surface area contributed by atoms with E-state index >= 15 is 0 Å². The van der Waals surface area contributed by atoms with Gasteiger partial charge in [-0.1, -0.05) is 6.92 Å². The molecule has 1 aliphatic rings. The molecule has 3 nitrogen and oxygen atoms in total. The summed E-state index contributed by atoms with van der Waals surface area (Å²) in [6.45, 7) is 3.51. The molecule has 0 aliphatic heterocycles. The molecule has 1 saturated carbocycles. The maximum atomic E-state index is 10.8. The van der Waals surface area contributed by atoms with Crippen LogP contribution in [0.25, 0.3) is 0 Å². The number of carbonyl (C=O) groups excluding carboxylic acids is 1. The molecular formula is C9H17NO2. The summed E-state index contributed by atoms with van der Waals surface area (Å²) < 4.78 is 0. The minimum Gasteiger partial charge on any atom is -0.393 e. The Morgan fingerprint density at radius 1 is 1.50 bits per heavy atom. The second-order valence-electron chi connectivity index (χ2n) is 3.66. The third kappa shape index (κ3) is 2.21. The molecule has 0 aromatic carbocycles. The lowest BCUT2D eigenvalue weighted by molar-refractivity contribution is -0.120. The van der Waals surface area contributed by atoms with Crippen molar-refractivity contribution >= 4 is 5.91 Å². The molecule has 0 bridgehead atoms. The van der Waals surface area contributed by atoms with Gasteiger partial charge >= 0.3 is 0 Å². The fourth-order valence-electron chi connectivity index (χ4n) is 1.81. The topological polar surface area (TPSA) is 49.3 Å². The molecule has 0 saturated heterocycles. The van der Waals surface area contributed by atoms with Crippen molar-refractivity contribution in [2.45, 2.75) is 45.3 Å². The molecule has 1 amide bonds. The summed E-state index contributed by atoms with van der Waals surface area (Å²) >= 11 is 0. The van der Waals surface area contributed by atoms with Gasteiger partial charge in [-0.15, -0.1) is 0 Å². The van der Waals surface area contributed by atoms with Crippen LogP contribution in [0.3, 0.4) is 0 Å². The van der Waals surface area contributed by atoms with Crippen molar-refractivity contribution in [3.05, 3.63) is 0 Å². The van der Waals surface area contributed by atoms with Crippen LogP contribution in [0.2, 0.25) is 0 Å². The van der Waals surface area contributed by atoms with Gasteiger partial charge in [0.25, 0.3) is 0 Å². The standard InChI is InChI=1S/C9H17NO2/c1-6-8(10-7(2)11)4-3-5-9(6)12/h6,8-9,12H,3-5H2,1-2H3,(H,10,11). The highest BCUT2D eigenvalue weighted by molar-refractivity contribution is 5.73. The van der Waals surface area contributed by atoms with Gasteiger partial charge in [0.15, 0.2) is 0 Å². The summed E-state index contributed by atoms with van der Waals surface area (Å²) in [7, 11) is 0. The summed E-state index contributed by atoms with van der Waals surface area (Å²) in [4.78, 5) is 10.8. The van der Waals surface area contributed by atoms with Crippen molar-refractivity contribution in [2.24, 2.45) is 5.92 Å². The lowest BCUT2D eigenvalue weighted by Crippen LogP contribution is -2.45. The second kappa shape index (κ2) is 3.90. The van der Waals surface area contributed by atoms with E-state index in [1.165, 1.54) is 6.92 Å². The summed E-state index contributed by atoms with van der Waals surface area (Å²) in [5.41, 5.74) is 0. The zero-order valence-electron chi connectivity index (χ0n) is 7.71. The molecule has 70 valence electrons. The van der Waals surface area contributed by atoms with Crippen molar-refractivity contribution in [3.8, 4) is 0 Å². The normalized spacial score (nSPS) is 36.1. The predicted octanol–water partition coefficient (Wildman–Crippen LogP) is 0.672. The average Bonchev–Trinajstić information content (AvgIpc) is 1.98. The molecule has 1 aliphatic carbocycles. The van der Waals surface area contributed by atoms with Gasteiger partial charge in [0.1, 0.15) is 0 Å². The van der Waals surface area contributed by atoms with E-state index in [0.29, 0.717) is 0 Å². The Morgan fingerprint density at radius 2 is 2.17 bits per heavy atom. The second-order valence-corrected chi connectivity index (χ2v) is 3.66. The van der Waals surface area contributed by atoms with Gasteiger partial charge in [0.2, 0.25) is 5.91 Å². The van der Waals surface area contributed by atoms with Crippen molar-refractivity contribution in [1.82, 2.24) is 5.32 Å². The van der Waals surface area contributed by atoms with Gasteiger partial charge in [-0.3, -0.25) is 4.79 Å². The molecule has 0 aromatic rings. The number of hydrogen-bond acceptors (Lipinski definition) is 2. The number of aliphatic hydroxyl groups excluding tert-OH is 1. The zero-order valence-corrected chi connectivity index (χ0v) is 7.71. The molecule has 3 atom stereocenters. The highest BCUT2D eigenvalue weighted by Crippen LogP contribution is 2.24. The van der Waals surface area contributed by atoms with E-state index in [9.17, 15) is 9.90 Å². The van der Waals surface area contributed by atoms with Gasteiger partial charge in [-0.25, -0.2) is 0 Å². The molecule has 3 heteroatoms. The average molecular weight is 171 g/mol.